The highest BCUT2D eigenvalue weighted by Crippen LogP contribution is 2.23. The van der Waals surface area contributed by atoms with Crippen molar-refractivity contribution in [2.75, 3.05) is 6.54 Å². The predicted octanol–water partition coefficient (Wildman–Crippen LogP) is 2.55. The summed E-state index contributed by atoms with van der Waals surface area (Å²) in [5, 5.41) is 1.92. The van der Waals surface area contributed by atoms with Gasteiger partial charge in [-0.2, -0.15) is 0 Å². The molecule has 0 spiro atoms. The lowest BCUT2D eigenvalue weighted by molar-refractivity contribution is 0.584. The van der Waals surface area contributed by atoms with Crippen LogP contribution >= 0.6 is 38.6 Å². The summed E-state index contributed by atoms with van der Waals surface area (Å²) in [5.41, 5.74) is 5.45. The molecule has 0 unspecified atom stereocenters. The summed E-state index contributed by atoms with van der Waals surface area (Å²) in [6.45, 7) is 0.833. The topological polar surface area (TPSA) is 72.2 Å². The fourth-order valence-corrected chi connectivity index (χ4v) is 5.37. The van der Waals surface area contributed by atoms with Crippen LogP contribution in [0.25, 0.3) is 0 Å². The van der Waals surface area contributed by atoms with E-state index in [1.54, 1.807) is 6.07 Å². The second-order valence-electron chi connectivity index (χ2n) is 3.82. The summed E-state index contributed by atoms with van der Waals surface area (Å²) in [5.74, 6) is 0. The lowest BCUT2D eigenvalue weighted by Gasteiger charge is -2.02. The molecule has 0 aliphatic rings. The molecule has 0 aliphatic heterocycles. The third-order valence-corrected chi connectivity index (χ3v) is 7.09. The van der Waals surface area contributed by atoms with Gasteiger partial charge in [0.05, 0.1) is 0 Å². The average Bonchev–Trinajstić information content (AvgIpc) is 2.97. The van der Waals surface area contributed by atoms with Crippen LogP contribution in [0.3, 0.4) is 0 Å². The van der Waals surface area contributed by atoms with Crippen LogP contribution in [0.15, 0.2) is 32.3 Å². The van der Waals surface area contributed by atoms with Gasteiger partial charge in [-0.25, -0.2) is 13.1 Å². The molecule has 2 aromatic rings. The van der Waals surface area contributed by atoms with E-state index < -0.39 is 10.0 Å². The molecule has 2 rings (SSSR count). The molecule has 3 N–H and O–H groups in total. The van der Waals surface area contributed by atoms with Crippen LogP contribution in [-0.4, -0.2) is 15.0 Å². The van der Waals surface area contributed by atoms with Gasteiger partial charge in [-0.15, -0.1) is 22.7 Å². The SMILES string of the molecule is NCCc1ccc(S(=O)(=O)NCc2cc(Br)cs2)s1. The summed E-state index contributed by atoms with van der Waals surface area (Å²) in [6.07, 6.45) is 0.706. The molecule has 0 bridgehead atoms. The van der Waals surface area contributed by atoms with Crippen LogP contribution < -0.4 is 10.5 Å². The van der Waals surface area contributed by atoms with Crippen LogP contribution in [0, 0.1) is 0 Å². The highest BCUT2D eigenvalue weighted by Gasteiger charge is 2.16. The molecule has 2 aromatic heterocycles. The van der Waals surface area contributed by atoms with Gasteiger partial charge >= 0.3 is 0 Å². The molecule has 19 heavy (non-hydrogen) atoms. The molecule has 4 nitrogen and oxygen atoms in total. The molecular formula is C11H13BrN2O2S3. The fourth-order valence-electron chi connectivity index (χ4n) is 1.46. The van der Waals surface area contributed by atoms with Gasteiger partial charge in [0.1, 0.15) is 4.21 Å². The molecule has 0 atom stereocenters. The van der Waals surface area contributed by atoms with Crippen molar-refractivity contribution in [2.24, 2.45) is 5.73 Å². The molecule has 104 valence electrons. The van der Waals surface area contributed by atoms with Gasteiger partial charge in [0.2, 0.25) is 10.0 Å². The van der Waals surface area contributed by atoms with Crippen molar-refractivity contribution in [2.45, 2.75) is 17.2 Å². The van der Waals surface area contributed by atoms with Crippen molar-refractivity contribution >= 4 is 48.6 Å². The van der Waals surface area contributed by atoms with Crippen LogP contribution in [0.4, 0.5) is 0 Å². The van der Waals surface area contributed by atoms with Crippen molar-refractivity contribution in [1.29, 1.82) is 0 Å². The summed E-state index contributed by atoms with van der Waals surface area (Å²) in [7, 11) is -3.43. The number of nitrogens with one attached hydrogen (secondary N) is 1. The Hall–Kier alpha value is -0.250. The predicted molar refractivity (Wildman–Crippen MR) is 83.1 cm³/mol. The van der Waals surface area contributed by atoms with Gasteiger partial charge in [0.25, 0.3) is 0 Å². The normalized spacial score (nSPS) is 11.9. The molecule has 0 saturated heterocycles. The number of hydrogen-bond donors (Lipinski definition) is 2. The minimum absolute atomic E-state index is 0.308. The molecule has 0 radical (unpaired) electrons. The van der Waals surface area contributed by atoms with Gasteiger partial charge in [-0.1, -0.05) is 0 Å². The largest absolute Gasteiger partial charge is 0.330 e. The third kappa shape index (κ3) is 4.11. The Balaban J connectivity index is 2.04. The van der Waals surface area contributed by atoms with Crippen molar-refractivity contribution < 1.29 is 8.42 Å². The highest BCUT2D eigenvalue weighted by molar-refractivity contribution is 9.10. The maximum Gasteiger partial charge on any atom is 0.250 e. The van der Waals surface area contributed by atoms with E-state index in [0.717, 1.165) is 14.2 Å². The van der Waals surface area contributed by atoms with Gasteiger partial charge in [-0.3, -0.25) is 0 Å². The zero-order valence-electron chi connectivity index (χ0n) is 9.93. The quantitative estimate of drug-likeness (QED) is 0.808. The maximum atomic E-state index is 12.1. The van der Waals surface area contributed by atoms with Gasteiger partial charge in [0.15, 0.2) is 0 Å². The lowest BCUT2D eigenvalue weighted by atomic mass is 10.3. The van der Waals surface area contributed by atoms with E-state index in [0.29, 0.717) is 23.7 Å². The standard InChI is InChI=1S/C11H13BrN2O2S3/c12-8-5-10(17-7-8)6-14-19(15,16)11-2-1-9(18-11)3-4-13/h1-2,5,7,14H,3-4,6,13H2. The molecule has 0 saturated carbocycles. The summed E-state index contributed by atoms with van der Waals surface area (Å²) < 4.78 is 28.1. The Morgan fingerprint density at radius 3 is 2.74 bits per heavy atom. The van der Waals surface area contributed by atoms with Gasteiger partial charge < -0.3 is 5.73 Å². The Morgan fingerprint density at radius 2 is 2.11 bits per heavy atom. The second kappa shape index (κ2) is 6.47. The molecule has 0 amide bonds. The molecule has 0 aliphatic carbocycles. The summed E-state index contributed by atoms with van der Waals surface area (Å²) >= 11 is 6.12. The number of sulfonamides is 1. The van der Waals surface area contributed by atoms with E-state index in [2.05, 4.69) is 20.7 Å². The Labute approximate surface area is 128 Å². The number of thiophene rings is 2. The lowest BCUT2D eigenvalue weighted by Crippen LogP contribution is -2.21. The maximum absolute atomic E-state index is 12.1. The highest BCUT2D eigenvalue weighted by atomic mass is 79.9. The van der Waals surface area contributed by atoms with E-state index >= 15 is 0 Å². The second-order valence-corrected chi connectivity index (χ2v) is 8.89. The molecule has 2 heterocycles. The smallest absolute Gasteiger partial charge is 0.250 e. The van der Waals surface area contributed by atoms with Crippen LogP contribution in [0.2, 0.25) is 0 Å². The van der Waals surface area contributed by atoms with E-state index in [9.17, 15) is 8.42 Å². The number of rotatable bonds is 6. The first-order chi connectivity index (χ1) is 9.01. The van der Waals surface area contributed by atoms with Crippen LogP contribution in [-0.2, 0) is 23.0 Å². The number of hydrogen-bond acceptors (Lipinski definition) is 5. The van der Waals surface area contributed by atoms with Crippen LogP contribution in [0.1, 0.15) is 9.75 Å². The first kappa shape index (κ1) is 15.1. The van der Waals surface area contributed by atoms with E-state index in [4.69, 9.17) is 5.73 Å². The monoisotopic (exact) mass is 380 g/mol. The summed E-state index contributed by atoms with van der Waals surface area (Å²) in [6, 6.07) is 5.34. The zero-order chi connectivity index (χ0) is 13.9. The molecule has 8 heteroatoms. The van der Waals surface area contributed by atoms with Gasteiger partial charge in [-0.05, 0) is 47.1 Å². The minimum atomic E-state index is -3.43. The van der Waals surface area contributed by atoms with Crippen molar-refractivity contribution in [3.63, 3.8) is 0 Å². The average molecular weight is 381 g/mol. The Morgan fingerprint density at radius 1 is 1.32 bits per heavy atom. The first-order valence-corrected chi connectivity index (χ1v) is 9.50. The molecule has 0 aromatic carbocycles. The minimum Gasteiger partial charge on any atom is -0.330 e. The Bertz CT molecular complexity index is 648. The van der Waals surface area contributed by atoms with Crippen molar-refractivity contribution in [3.8, 4) is 0 Å². The van der Waals surface area contributed by atoms with Crippen LogP contribution in [0.5, 0.6) is 0 Å². The first-order valence-electron chi connectivity index (χ1n) is 5.52. The molecular weight excluding hydrogens is 368 g/mol. The Kier molecular flexibility index (Phi) is 5.15. The van der Waals surface area contributed by atoms with E-state index in [1.165, 1.54) is 22.7 Å². The van der Waals surface area contributed by atoms with E-state index in [-0.39, 0.29) is 0 Å². The van der Waals surface area contributed by atoms with E-state index in [1.807, 2.05) is 17.5 Å². The fraction of sp³-hybridized carbons (Fsp3) is 0.273. The van der Waals surface area contributed by atoms with Crippen molar-refractivity contribution in [1.82, 2.24) is 4.72 Å². The van der Waals surface area contributed by atoms with Gasteiger partial charge in [0, 0.05) is 26.2 Å². The van der Waals surface area contributed by atoms with Crippen molar-refractivity contribution in [3.05, 3.63) is 37.8 Å². The summed E-state index contributed by atoms with van der Waals surface area (Å²) in [4.78, 5) is 1.95. The number of halogens is 1. The molecule has 0 fully saturated rings. The third-order valence-electron chi connectivity index (χ3n) is 2.35. The number of nitrogens with two attached hydrogens (primary N) is 1. The zero-order valence-corrected chi connectivity index (χ0v) is 14.0.